The van der Waals surface area contributed by atoms with E-state index < -0.39 is 11.6 Å². The van der Waals surface area contributed by atoms with Crippen molar-refractivity contribution in [1.82, 2.24) is 14.8 Å². The van der Waals surface area contributed by atoms with Crippen LogP contribution in [0.3, 0.4) is 0 Å². The Morgan fingerprint density at radius 2 is 2.11 bits per heavy atom. The number of benzene rings is 1. The fourth-order valence-electron chi connectivity index (χ4n) is 1.74. The van der Waals surface area contributed by atoms with E-state index in [1.54, 1.807) is 18.6 Å². The summed E-state index contributed by atoms with van der Waals surface area (Å²) >= 11 is 5.08. The highest BCUT2D eigenvalue weighted by Crippen LogP contribution is 2.24. The SMILES string of the molecule is COCCn1c(-c2cc(C)c(F)cc2F)n[nH]c1=S. The Bertz CT molecular complexity index is 651. The molecule has 0 bridgehead atoms. The first-order valence-corrected chi connectivity index (χ1v) is 6.05. The fourth-order valence-corrected chi connectivity index (χ4v) is 1.97. The van der Waals surface area contributed by atoms with Crippen molar-refractivity contribution in [3.8, 4) is 11.4 Å². The summed E-state index contributed by atoms with van der Waals surface area (Å²) in [4.78, 5) is 0. The number of H-pyrrole nitrogens is 1. The molecule has 0 unspecified atom stereocenters. The molecule has 1 aromatic carbocycles. The molecule has 1 heterocycles. The summed E-state index contributed by atoms with van der Waals surface area (Å²) in [6.45, 7) is 2.43. The second kappa shape index (κ2) is 5.58. The van der Waals surface area contributed by atoms with Gasteiger partial charge in [-0.1, -0.05) is 0 Å². The zero-order chi connectivity index (χ0) is 14.0. The lowest BCUT2D eigenvalue weighted by Gasteiger charge is -2.08. The molecule has 2 aromatic rings. The zero-order valence-electron chi connectivity index (χ0n) is 10.5. The minimum Gasteiger partial charge on any atom is -0.383 e. The highest BCUT2D eigenvalue weighted by atomic mass is 32.1. The van der Waals surface area contributed by atoms with E-state index in [1.165, 1.54) is 6.07 Å². The van der Waals surface area contributed by atoms with Crippen molar-refractivity contribution >= 4 is 12.2 Å². The van der Waals surface area contributed by atoms with E-state index in [4.69, 9.17) is 17.0 Å². The van der Waals surface area contributed by atoms with Gasteiger partial charge in [0.05, 0.1) is 18.7 Å². The summed E-state index contributed by atoms with van der Waals surface area (Å²) < 4.78 is 34.1. The molecule has 0 fully saturated rings. The third kappa shape index (κ3) is 2.71. The first-order chi connectivity index (χ1) is 9.04. The van der Waals surface area contributed by atoms with Gasteiger partial charge in [0.15, 0.2) is 10.6 Å². The minimum absolute atomic E-state index is 0.211. The molecular weight excluding hydrogens is 272 g/mol. The van der Waals surface area contributed by atoms with Crippen molar-refractivity contribution in [2.45, 2.75) is 13.5 Å². The third-order valence-corrected chi connectivity index (χ3v) is 3.08. The highest BCUT2D eigenvalue weighted by molar-refractivity contribution is 7.71. The summed E-state index contributed by atoms with van der Waals surface area (Å²) in [5, 5.41) is 6.60. The van der Waals surface area contributed by atoms with Gasteiger partial charge in [0.25, 0.3) is 0 Å². The van der Waals surface area contributed by atoms with Gasteiger partial charge < -0.3 is 4.74 Å². The molecule has 7 heteroatoms. The average molecular weight is 285 g/mol. The summed E-state index contributed by atoms with van der Waals surface area (Å²) in [6, 6.07) is 2.27. The van der Waals surface area contributed by atoms with E-state index in [-0.39, 0.29) is 5.56 Å². The van der Waals surface area contributed by atoms with Gasteiger partial charge >= 0.3 is 0 Å². The molecule has 0 spiro atoms. The van der Waals surface area contributed by atoms with Crippen molar-refractivity contribution in [2.75, 3.05) is 13.7 Å². The molecule has 1 aromatic heterocycles. The number of nitrogens with zero attached hydrogens (tertiary/aromatic N) is 2. The minimum atomic E-state index is -0.671. The molecule has 1 N–H and O–H groups in total. The van der Waals surface area contributed by atoms with Crippen LogP contribution in [0.15, 0.2) is 12.1 Å². The standard InChI is InChI=1S/C12H13F2N3OS/c1-7-5-8(10(14)6-9(7)13)11-15-16-12(19)17(11)3-4-18-2/h5-6H,3-4H2,1-2H3,(H,16,19). The maximum absolute atomic E-state index is 13.9. The number of halogens is 2. The first kappa shape index (κ1) is 13.8. The van der Waals surface area contributed by atoms with Crippen LogP contribution in [0.25, 0.3) is 11.4 Å². The lowest BCUT2D eigenvalue weighted by Crippen LogP contribution is -2.07. The molecule has 0 aliphatic rings. The van der Waals surface area contributed by atoms with Gasteiger partial charge in [-0.3, -0.25) is 9.67 Å². The molecular formula is C12H13F2N3OS. The van der Waals surface area contributed by atoms with Crippen molar-refractivity contribution in [1.29, 1.82) is 0 Å². The predicted octanol–water partition coefficient (Wildman–Crippen LogP) is 2.84. The first-order valence-electron chi connectivity index (χ1n) is 5.64. The van der Waals surface area contributed by atoms with E-state index in [0.717, 1.165) is 6.07 Å². The molecule has 0 atom stereocenters. The van der Waals surface area contributed by atoms with Crippen LogP contribution < -0.4 is 0 Å². The van der Waals surface area contributed by atoms with E-state index in [0.29, 0.717) is 29.3 Å². The molecule has 0 amide bonds. The van der Waals surface area contributed by atoms with E-state index in [2.05, 4.69) is 10.2 Å². The second-order valence-corrected chi connectivity index (χ2v) is 4.46. The molecule has 102 valence electrons. The normalized spacial score (nSPS) is 10.9. The van der Waals surface area contributed by atoms with Crippen molar-refractivity contribution in [3.05, 3.63) is 34.1 Å². The number of hydrogen-bond acceptors (Lipinski definition) is 3. The Morgan fingerprint density at radius 3 is 2.79 bits per heavy atom. The number of nitrogens with one attached hydrogen (secondary N) is 1. The maximum atomic E-state index is 13.9. The Labute approximate surface area is 114 Å². The van der Waals surface area contributed by atoms with Crippen LogP contribution in [0.5, 0.6) is 0 Å². The highest BCUT2D eigenvalue weighted by Gasteiger charge is 2.15. The summed E-state index contributed by atoms with van der Waals surface area (Å²) in [6.07, 6.45) is 0. The van der Waals surface area contributed by atoms with Gasteiger partial charge in [0.2, 0.25) is 0 Å². The molecule has 0 saturated carbocycles. The zero-order valence-corrected chi connectivity index (χ0v) is 11.4. The number of aromatic nitrogens is 3. The number of aryl methyl sites for hydroxylation is 1. The van der Waals surface area contributed by atoms with Gasteiger partial charge in [-0.05, 0) is 30.8 Å². The van der Waals surface area contributed by atoms with Gasteiger partial charge in [-0.2, -0.15) is 5.10 Å². The van der Waals surface area contributed by atoms with Crippen LogP contribution in [-0.2, 0) is 11.3 Å². The number of aromatic amines is 1. The monoisotopic (exact) mass is 285 g/mol. The molecule has 0 saturated heterocycles. The maximum Gasteiger partial charge on any atom is 0.195 e. The van der Waals surface area contributed by atoms with E-state index >= 15 is 0 Å². The van der Waals surface area contributed by atoms with Gasteiger partial charge in [-0.15, -0.1) is 0 Å². The van der Waals surface area contributed by atoms with Crippen LogP contribution in [0.4, 0.5) is 8.78 Å². The van der Waals surface area contributed by atoms with E-state index in [9.17, 15) is 8.78 Å². The molecule has 4 nitrogen and oxygen atoms in total. The molecule has 0 radical (unpaired) electrons. The number of ether oxygens (including phenoxy) is 1. The van der Waals surface area contributed by atoms with E-state index in [1.807, 2.05) is 0 Å². The number of rotatable bonds is 4. The Hall–Kier alpha value is -1.60. The Morgan fingerprint density at radius 1 is 1.37 bits per heavy atom. The lowest BCUT2D eigenvalue weighted by molar-refractivity contribution is 0.187. The molecule has 0 aliphatic heterocycles. The van der Waals surface area contributed by atoms with Gasteiger partial charge in [0.1, 0.15) is 11.6 Å². The second-order valence-electron chi connectivity index (χ2n) is 4.08. The van der Waals surface area contributed by atoms with Crippen LogP contribution >= 0.6 is 12.2 Å². The lowest BCUT2D eigenvalue weighted by atomic mass is 10.1. The quantitative estimate of drug-likeness (QED) is 0.878. The smallest absolute Gasteiger partial charge is 0.195 e. The Balaban J connectivity index is 2.53. The van der Waals surface area contributed by atoms with Crippen molar-refractivity contribution in [3.63, 3.8) is 0 Å². The average Bonchev–Trinajstić information content (AvgIpc) is 2.72. The molecule has 19 heavy (non-hydrogen) atoms. The topological polar surface area (TPSA) is 42.8 Å². The van der Waals surface area contributed by atoms with Crippen LogP contribution in [0, 0.1) is 23.3 Å². The largest absolute Gasteiger partial charge is 0.383 e. The molecule has 2 rings (SSSR count). The predicted molar refractivity (Wildman–Crippen MR) is 69.4 cm³/mol. The van der Waals surface area contributed by atoms with Crippen LogP contribution in [0.1, 0.15) is 5.56 Å². The van der Waals surface area contributed by atoms with Crippen molar-refractivity contribution in [2.24, 2.45) is 0 Å². The third-order valence-electron chi connectivity index (χ3n) is 2.77. The Kier molecular flexibility index (Phi) is 4.06. The van der Waals surface area contributed by atoms with Crippen molar-refractivity contribution < 1.29 is 13.5 Å². The number of hydrogen-bond donors (Lipinski definition) is 1. The summed E-state index contributed by atoms with van der Waals surface area (Å²) in [5.41, 5.74) is 0.561. The number of methoxy groups -OCH3 is 1. The summed E-state index contributed by atoms with van der Waals surface area (Å²) in [7, 11) is 1.56. The summed E-state index contributed by atoms with van der Waals surface area (Å²) in [5.74, 6) is -0.919. The fraction of sp³-hybridized carbons (Fsp3) is 0.333. The van der Waals surface area contributed by atoms with Crippen LogP contribution in [0.2, 0.25) is 0 Å². The van der Waals surface area contributed by atoms with Gasteiger partial charge in [0, 0.05) is 13.2 Å². The van der Waals surface area contributed by atoms with Gasteiger partial charge in [-0.25, -0.2) is 8.78 Å². The molecule has 0 aliphatic carbocycles. The van der Waals surface area contributed by atoms with Crippen LogP contribution in [-0.4, -0.2) is 28.5 Å².